The number of sulfone groups is 1. The minimum Gasteiger partial charge on any atom is -0.475 e. The number of anilines is 1. The van der Waals surface area contributed by atoms with Crippen molar-refractivity contribution in [3.8, 4) is 17.5 Å². The molecular weight excluding hydrogens is 408 g/mol. The van der Waals surface area contributed by atoms with Crippen LogP contribution in [0, 0.1) is 0 Å². The number of aryl methyl sites for hydroxylation is 1. The summed E-state index contributed by atoms with van der Waals surface area (Å²) >= 11 is 0. The van der Waals surface area contributed by atoms with Gasteiger partial charge >= 0.3 is 0 Å². The molecule has 0 atom stereocenters. The molecule has 0 aliphatic rings. The van der Waals surface area contributed by atoms with E-state index in [2.05, 4.69) is 15.4 Å². The molecule has 0 aliphatic carbocycles. The average molecular weight is 430 g/mol. The quantitative estimate of drug-likeness (QED) is 0.613. The maximum atomic E-state index is 12.7. The second-order valence-electron chi connectivity index (χ2n) is 6.87. The van der Waals surface area contributed by atoms with Gasteiger partial charge in [0.25, 0.3) is 5.91 Å². The van der Waals surface area contributed by atoms with Gasteiger partial charge in [-0.25, -0.2) is 8.42 Å². The number of hydrogen-bond donors (Lipinski definition) is 1. The van der Waals surface area contributed by atoms with Crippen molar-refractivity contribution in [2.75, 3.05) is 11.6 Å². The number of nitrogens with one attached hydrogen (secondary N) is 1. The van der Waals surface area contributed by atoms with E-state index in [0.29, 0.717) is 11.6 Å². The monoisotopic (exact) mass is 430 g/mol. The summed E-state index contributed by atoms with van der Waals surface area (Å²) in [6.45, 7) is 3.68. The fraction of sp³-hybridized carbons (Fsp3) is 0.250. The zero-order valence-electron chi connectivity index (χ0n) is 17.0. The molecule has 0 saturated carbocycles. The largest absolute Gasteiger partial charge is 0.475 e. The first kappa shape index (κ1) is 21.3. The molecule has 0 saturated heterocycles. The predicted octanol–water partition coefficient (Wildman–Crippen LogP) is 3.05. The normalized spacial score (nSPS) is 11.4. The van der Waals surface area contributed by atoms with Crippen LogP contribution in [0.1, 0.15) is 24.2 Å². The highest BCUT2D eigenvalue weighted by molar-refractivity contribution is 7.90. The fourth-order valence-electron chi connectivity index (χ4n) is 2.51. The second kappa shape index (κ2) is 8.54. The number of amides is 1. The molecular formula is C20H22N4O5S. The zero-order chi connectivity index (χ0) is 21.9. The summed E-state index contributed by atoms with van der Waals surface area (Å²) in [4.78, 5) is 17.1. The molecule has 158 valence electrons. The van der Waals surface area contributed by atoms with Crippen LogP contribution in [0.15, 0.2) is 53.6 Å². The molecule has 0 bridgehead atoms. The molecule has 0 aliphatic heterocycles. The Morgan fingerprint density at radius 2 is 1.77 bits per heavy atom. The van der Waals surface area contributed by atoms with Gasteiger partial charge in [-0.05, 0) is 38.1 Å². The molecule has 0 fully saturated rings. The SMILES string of the molecule is CC(C)Oc1cc(C(=O)Nc2ccn(C)n2)cc(Oc2ccc(S(C)(=O)=O)cc2)n1. The van der Waals surface area contributed by atoms with Crippen LogP contribution in [0.2, 0.25) is 0 Å². The van der Waals surface area contributed by atoms with Gasteiger partial charge in [0, 0.05) is 37.7 Å². The van der Waals surface area contributed by atoms with Crippen molar-refractivity contribution < 1.29 is 22.7 Å². The molecule has 0 radical (unpaired) electrons. The van der Waals surface area contributed by atoms with Gasteiger partial charge in [-0.2, -0.15) is 10.1 Å². The highest BCUT2D eigenvalue weighted by atomic mass is 32.2. The maximum Gasteiger partial charge on any atom is 0.257 e. The van der Waals surface area contributed by atoms with Crippen LogP contribution in [-0.2, 0) is 16.9 Å². The summed E-state index contributed by atoms with van der Waals surface area (Å²) in [6.07, 6.45) is 2.68. The van der Waals surface area contributed by atoms with E-state index in [1.165, 1.54) is 36.4 Å². The summed E-state index contributed by atoms with van der Waals surface area (Å²) in [5, 5.41) is 6.82. The van der Waals surface area contributed by atoms with Crippen molar-refractivity contribution in [1.29, 1.82) is 0 Å². The lowest BCUT2D eigenvalue weighted by atomic mass is 10.2. The third kappa shape index (κ3) is 5.57. The first-order chi connectivity index (χ1) is 14.1. The van der Waals surface area contributed by atoms with Crippen LogP contribution >= 0.6 is 0 Å². The molecule has 1 N–H and O–H groups in total. The highest BCUT2D eigenvalue weighted by Gasteiger charge is 2.15. The lowest BCUT2D eigenvalue weighted by molar-refractivity contribution is 0.102. The van der Waals surface area contributed by atoms with E-state index in [1.807, 2.05) is 13.8 Å². The first-order valence-corrected chi connectivity index (χ1v) is 11.0. The van der Waals surface area contributed by atoms with Crippen LogP contribution in [0.4, 0.5) is 5.82 Å². The van der Waals surface area contributed by atoms with Crippen LogP contribution in [0.5, 0.6) is 17.5 Å². The molecule has 2 heterocycles. The van der Waals surface area contributed by atoms with Crippen molar-refractivity contribution in [2.24, 2.45) is 7.05 Å². The van der Waals surface area contributed by atoms with E-state index in [4.69, 9.17) is 9.47 Å². The Bertz CT molecular complexity index is 1150. The van der Waals surface area contributed by atoms with Crippen molar-refractivity contribution in [1.82, 2.24) is 14.8 Å². The third-order valence-corrected chi connectivity index (χ3v) is 4.95. The molecule has 2 aromatic heterocycles. The molecule has 1 aromatic carbocycles. The number of pyridine rings is 1. The number of hydrogen-bond acceptors (Lipinski definition) is 7. The van der Waals surface area contributed by atoms with Gasteiger partial charge in [-0.3, -0.25) is 9.48 Å². The molecule has 3 rings (SSSR count). The zero-order valence-corrected chi connectivity index (χ0v) is 17.8. The third-order valence-electron chi connectivity index (χ3n) is 3.83. The molecule has 0 unspecified atom stereocenters. The Morgan fingerprint density at radius 3 is 2.33 bits per heavy atom. The molecule has 3 aromatic rings. The van der Waals surface area contributed by atoms with Crippen LogP contribution in [0.3, 0.4) is 0 Å². The van der Waals surface area contributed by atoms with Gasteiger partial charge < -0.3 is 14.8 Å². The Kier molecular flexibility index (Phi) is 6.06. The molecule has 9 nitrogen and oxygen atoms in total. The van der Waals surface area contributed by atoms with Crippen molar-refractivity contribution in [2.45, 2.75) is 24.8 Å². The van der Waals surface area contributed by atoms with Gasteiger partial charge in [0.15, 0.2) is 15.7 Å². The summed E-state index contributed by atoms with van der Waals surface area (Å²) in [6, 6.07) is 10.6. The summed E-state index contributed by atoms with van der Waals surface area (Å²) in [5.74, 6) is 0.729. The van der Waals surface area contributed by atoms with Gasteiger partial charge in [-0.1, -0.05) is 0 Å². The minimum absolute atomic E-state index is 0.131. The minimum atomic E-state index is -3.31. The van der Waals surface area contributed by atoms with Gasteiger partial charge in [-0.15, -0.1) is 0 Å². The number of carbonyl (C=O) groups is 1. The predicted molar refractivity (Wildman–Crippen MR) is 111 cm³/mol. The number of ether oxygens (including phenoxy) is 2. The Labute approximate surface area is 174 Å². The van der Waals surface area contributed by atoms with E-state index in [0.717, 1.165) is 6.26 Å². The van der Waals surface area contributed by atoms with E-state index in [1.54, 1.807) is 24.0 Å². The number of carbonyl (C=O) groups excluding carboxylic acids is 1. The van der Waals surface area contributed by atoms with E-state index >= 15 is 0 Å². The molecule has 10 heteroatoms. The topological polar surface area (TPSA) is 112 Å². The molecule has 30 heavy (non-hydrogen) atoms. The molecule has 0 spiro atoms. The van der Waals surface area contributed by atoms with Gasteiger partial charge in [0.05, 0.1) is 16.6 Å². The maximum absolute atomic E-state index is 12.7. The summed E-state index contributed by atoms with van der Waals surface area (Å²) in [5.41, 5.74) is 0.272. The Hall–Kier alpha value is -3.40. The van der Waals surface area contributed by atoms with Gasteiger partial charge in [0.1, 0.15) is 5.75 Å². The number of nitrogens with zero attached hydrogens (tertiary/aromatic N) is 3. The second-order valence-corrected chi connectivity index (χ2v) is 8.89. The number of rotatable bonds is 7. The highest BCUT2D eigenvalue weighted by Crippen LogP contribution is 2.26. The van der Waals surface area contributed by atoms with Gasteiger partial charge in [0.2, 0.25) is 11.8 Å². The number of aromatic nitrogens is 3. The standard InChI is InChI=1S/C20H22N4O5S/c1-13(2)28-18-11-14(20(25)21-17-9-10-24(3)23-17)12-19(22-18)29-15-5-7-16(8-6-15)30(4,26)27/h5-13H,1-4H3,(H,21,23,25). The van der Waals surface area contributed by atoms with E-state index in [9.17, 15) is 13.2 Å². The smallest absolute Gasteiger partial charge is 0.257 e. The van der Waals surface area contributed by atoms with Crippen molar-refractivity contribution >= 4 is 21.6 Å². The van der Waals surface area contributed by atoms with Crippen molar-refractivity contribution in [3.63, 3.8) is 0 Å². The first-order valence-electron chi connectivity index (χ1n) is 9.08. The summed E-state index contributed by atoms with van der Waals surface area (Å²) in [7, 11) is -1.56. The van der Waals surface area contributed by atoms with Crippen LogP contribution in [0.25, 0.3) is 0 Å². The molecule has 1 amide bonds. The van der Waals surface area contributed by atoms with Crippen LogP contribution < -0.4 is 14.8 Å². The number of benzene rings is 1. The van der Waals surface area contributed by atoms with E-state index in [-0.39, 0.29) is 28.3 Å². The van der Waals surface area contributed by atoms with Crippen LogP contribution in [-0.4, -0.2) is 41.4 Å². The van der Waals surface area contributed by atoms with E-state index < -0.39 is 15.7 Å². The fourth-order valence-corrected chi connectivity index (χ4v) is 3.14. The lowest BCUT2D eigenvalue weighted by Gasteiger charge is -2.13. The Balaban J connectivity index is 1.87. The Morgan fingerprint density at radius 1 is 1.10 bits per heavy atom. The lowest BCUT2D eigenvalue weighted by Crippen LogP contribution is -2.14. The summed E-state index contributed by atoms with van der Waals surface area (Å²) < 4.78 is 36.1. The average Bonchev–Trinajstić information content (AvgIpc) is 3.05. The van der Waals surface area contributed by atoms with Crippen molar-refractivity contribution in [3.05, 3.63) is 54.2 Å².